The largest absolute Gasteiger partial charge is 0.373 e. The molecular weight excluding hydrogens is 451 g/mol. The first kappa shape index (κ1) is 22.4. The normalized spacial score (nSPS) is 23.7. The number of piperidine rings is 1. The molecule has 5 nitrogen and oxygen atoms in total. The topological polar surface area (TPSA) is 48.9 Å². The van der Waals surface area contributed by atoms with Crippen LogP contribution in [0.3, 0.4) is 0 Å². The van der Waals surface area contributed by atoms with Crippen LogP contribution < -0.4 is 10.6 Å². The van der Waals surface area contributed by atoms with Gasteiger partial charge in [0.2, 0.25) is 0 Å². The molecule has 2 saturated heterocycles. The zero-order valence-corrected chi connectivity index (χ0v) is 19.1. The minimum Gasteiger partial charge on any atom is -0.373 e. The van der Waals surface area contributed by atoms with Gasteiger partial charge in [0, 0.05) is 33.3 Å². The predicted molar refractivity (Wildman–Crippen MR) is 123 cm³/mol. The molecule has 0 bridgehead atoms. The highest BCUT2D eigenvalue weighted by Crippen LogP contribution is 2.23. The second-order valence-corrected chi connectivity index (χ2v) is 7.83. The molecule has 0 saturated carbocycles. The first-order valence-electron chi connectivity index (χ1n) is 10.1. The summed E-state index contributed by atoms with van der Waals surface area (Å²) in [7, 11) is 1.81. The Labute approximate surface area is 181 Å². The Balaban J connectivity index is 0.00000261. The van der Waals surface area contributed by atoms with Gasteiger partial charge in [-0.3, -0.25) is 9.89 Å². The van der Waals surface area contributed by atoms with E-state index in [1.165, 1.54) is 43.5 Å². The van der Waals surface area contributed by atoms with E-state index in [0.717, 1.165) is 45.0 Å². The standard InChI is InChI=1S/C21H34N4O.HI/c1-21(11-6-14-26-21)17-24-20(22-2)23-15-18-7-9-19(10-8-18)16-25-12-4-3-5-13-25;/h7-10H,3-6,11-17H2,1-2H3,(H2,22,23,24);1H. The van der Waals surface area contributed by atoms with Crippen molar-refractivity contribution in [2.24, 2.45) is 4.99 Å². The van der Waals surface area contributed by atoms with Crippen molar-refractivity contribution in [3.63, 3.8) is 0 Å². The fraction of sp³-hybridized carbons (Fsp3) is 0.667. The van der Waals surface area contributed by atoms with Crippen molar-refractivity contribution in [1.29, 1.82) is 0 Å². The summed E-state index contributed by atoms with van der Waals surface area (Å²) in [6.07, 6.45) is 6.33. The summed E-state index contributed by atoms with van der Waals surface area (Å²) >= 11 is 0. The third-order valence-electron chi connectivity index (χ3n) is 5.49. The third kappa shape index (κ3) is 7.23. The van der Waals surface area contributed by atoms with Crippen LogP contribution in [0, 0.1) is 0 Å². The minimum atomic E-state index is -0.0618. The zero-order chi connectivity index (χ0) is 18.2. The summed E-state index contributed by atoms with van der Waals surface area (Å²) in [5, 5.41) is 6.80. The first-order valence-corrected chi connectivity index (χ1v) is 10.1. The van der Waals surface area contributed by atoms with Gasteiger partial charge in [0.1, 0.15) is 0 Å². The minimum absolute atomic E-state index is 0. The van der Waals surface area contributed by atoms with Gasteiger partial charge < -0.3 is 15.4 Å². The maximum absolute atomic E-state index is 5.82. The molecule has 2 N–H and O–H groups in total. The molecule has 0 spiro atoms. The van der Waals surface area contributed by atoms with Crippen LogP contribution >= 0.6 is 24.0 Å². The van der Waals surface area contributed by atoms with Crippen LogP contribution in [0.4, 0.5) is 0 Å². The van der Waals surface area contributed by atoms with Crippen molar-refractivity contribution >= 4 is 29.9 Å². The summed E-state index contributed by atoms with van der Waals surface area (Å²) < 4.78 is 5.82. The molecule has 2 fully saturated rings. The van der Waals surface area contributed by atoms with Crippen molar-refractivity contribution < 1.29 is 4.74 Å². The second kappa shape index (κ2) is 11.2. The van der Waals surface area contributed by atoms with Crippen LogP contribution in [0.15, 0.2) is 29.3 Å². The number of halogens is 1. The van der Waals surface area contributed by atoms with Crippen LogP contribution in [0.2, 0.25) is 0 Å². The van der Waals surface area contributed by atoms with E-state index in [1.807, 2.05) is 7.05 Å². The number of aliphatic imine (C=N–C) groups is 1. The number of ether oxygens (including phenoxy) is 1. The van der Waals surface area contributed by atoms with E-state index in [0.29, 0.717) is 0 Å². The molecule has 3 rings (SSSR count). The third-order valence-corrected chi connectivity index (χ3v) is 5.49. The van der Waals surface area contributed by atoms with Gasteiger partial charge in [0.15, 0.2) is 5.96 Å². The smallest absolute Gasteiger partial charge is 0.191 e. The molecule has 2 aliphatic heterocycles. The highest BCUT2D eigenvalue weighted by Gasteiger charge is 2.29. The Morgan fingerprint density at radius 3 is 2.41 bits per heavy atom. The summed E-state index contributed by atoms with van der Waals surface area (Å²) in [4.78, 5) is 6.89. The van der Waals surface area contributed by atoms with Gasteiger partial charge in [-0.2, -0.15) is 0 Å². The van der Waals surface area contributed by atoms with E-state index in [-0.39, 0.29) is 29.6 Å². The molecule has 1 atom stereocenters. The molecule has 2 heterocycles. The van der Waals surface area contributed by atoms with Crippen LogP contribution in [-0.2, 0) is 17.8 Å². The molecule has 1 aromatic rings. The Kier molecular flexibility index (Phi) is 9.32. The fourth-order valence-corrected chi connectivity index (χ4v) is 3.79. The van der Waals surface area contributed by atoms with Crippen molar-refractivity contribution in [2.45, 2.75) is 57.7 Å². The number of guanidine groups is 1. The lowest BCUT2D eigenvalue weighted by molar-refractivity contribution is 0.0243. The van der Waals surface area contributed by atoms with Crippen LogP contribution in [0.1, 0.15) is 50.2 Å². The van der Waals surface area contributed by atoms with Gasteiger partial charge >= 0.3 is 0 Å². The van der Waals surface area contributed by atoms with Gasteiger partial charge in [-0.15, -0.1) is 24.0 Å². The molecule has 27 heavy (non-hydrogen) atoms. The highest BCUT2D eigenvalue weighted by molar-refractivity contribution is 14.0. The second-order valence-electron chi connectivity index (χ2n) is 7.83. The number of hydrogen-bond acceptors (Lipinski definition) is 3. The maximum atomic E-state index is 5.82. The molecule has 0 amide bonds. The SMILES string of the molecule is CN=C(NCc1ccc(CN2CCCCC2)cc1)NCC1(C)CCCO1.I. The zero-order valence-electron chi connectivity index (χ0n) is 16.8. The number of hydrogen-bond donors (Lipinski definition) is 2. The van der Waals surface area contributed by atoms with Crippen molar-refractivity contribution in [1.82, 2.24) is 15.5 Å². The number of benzene rings is 1. The van der Waals surface area contributed by atoms with Gasteiger partial charge in [-0.05, 0) is 56.8 Å². The lowest BCUT2D eigenvalue weighted by Crippen LogP contribution is -2.45. The average Bonchev–Trinajstić information content (AvgIpc) is 3.11. The van der Waals surface area contributed by atoms with Gasteiger partial charge in [0.05, 0.1) is 5.60 Å². The van der Waals surface area contributed by atoms with E-state index in [1.54, 1.807) is 0 Å². The summed E-state index contributed by atoms with van der Waals surface area (Å²) in [6, 6.07) is 8.96. The summed E-state index contributed by atoms with van der Waals surface area (Å²) in [5.41, 5.74) is 2.62. The van der Waals surface area contributed by atoms with Gasteiger partial charge in [-0.25, -0.2) is 0 Å². The van der Waals surface area contributed by atoms with Crippen molar-refractivity contribution in [2.75, 3.05) is 33.3 Å². The monoisotopic (exact) mass is 486 g/mol. The number of likely N-dealkylation sites (tertiary alicyclic amines) is 1. The maximum Gasteiger partial charge on any atom is 0.191 e. The molecular formula is C21H35IN4O. The highest BCUT2D eigenvalue weighted by atomic mass is 127. The van der Waals surface area contributed by atoms with E-state index in [4.69, 9.17) is 4.74 Å². The van der Waals surface area contributed by atoms with Gasteiger partial charge in [0.25, 0.3) is 0 Å². The quantitative estimate of drug-likeness (QED) is 0.367. The van der Waals surface area contributed by atoms with E-state index >= 15 is 0 Å². The average molecular weight is 486 g/mol. The van der Waals surface area contributed by atoms with E-state index in [9.17, 15) is 0 Å². The number of rotatable bonds is 6. The Hall–Kier alpha value is -0.860. The molecule has 0 aliphatic carbocycles. The Morgan fingerprint density at radius 1 is 1.07 bits per heavy atom. The summed E-state index contributed by atoms with van der Waals surface area (Å²) in [5.74, 6) is 0.833. The van der Waals surface area contributed by atoms with E-state index < -0.39 is 0 Å². The first-order chi connectivity index (χ1) is 12.7. The predicted octanol–water partition coefficient (Wildman–Crippen LogP) is 3.52. The number of nitrogens with one attached hydrogen (secondary N) is 2. The Morgan fingerprint density at radius 2 is 1.78 bits per heavy atom. The molecule has 152 valence electrons. The molecule has 0 radical (unpaired) electrons. The molecule has 1 unspecified atom stereocenters. The van der Waals surface area contributed by atoms with Gasteiger partial charge in [-0.1, -0.05) is 30.7 Å². The lowest BCUT2D eigenvalue weighted by Gasteiger charge is -2.26. The van der Waals surface area contributed by atoms with Crippen LogP contribution in [0.25, 0.3) is 0 Å². The van der Waals surface area contributed by atoms with Crippen molar-refractivity contribution in [3.8, 4) is 0 Å². The fourth-order valence-electron chi connectivity index (χ4n) is 3.79. The van der Waals surface area contributed by atoms with Crippen LogP contribution in [0.5, 0.6) is 0 Å². The molecule has 1 aromatic carbocycles. The van der Waals surface area contributed by atoms with Crippen LogP contribution in [-0.4, -0.2) is 49.7 Å². The molecule has 2 aliphatic rings. The number of nitrogens with zero attached hydrogens (tertiary/aromatic N) is 2. The van der Waals surface area contributed by atoms with E-state index in [2.05, 4.69) is 51.7 Å². The lowest BCUT2D eigenvalue weighted by atomic mass is 10.0. The summed E-state index contributed by atoms with van der Waals surface area (Å²) in [6.45, 7) is 8.18. The van der Waals surface area contributed by atoms with Crippen molar-refractivity contribution in [3.05, 3.63) is 35.4 Å². The molecule has 0 aromatic heterocycles. The Bertz CT molecular complexity index is 578. The molecule has 6 heteroatoms.